The Hall–Kier alpha value is -1.04. The van der Waals surface area contributed by atoms with Crippen molar-refractivity contribution >= 4 is 17.7 Å². The van der Waals surface area contributed by atoms with Crippen molar-refractivity contribution in [3.05, 3.63) is 35.9 Å². The number of thioether (sulfide) groups is 1. The molecule has 0 amide bonds. The number of ether oxygens (including phenoxy) is 3. The van der Waals surface area contributed by atoms with E-state index in [-0.39, 0.29) is 17.5 Å². The first-order valence-corrected chi connectivity index (χ1v) is 8.62. The highest BCUT2D eigenvalue weighted by atomic mass is 32.2. The summed E-state index contributed by atoms with van der Waals surface area (Å²) in [6, 6.07) is 9.98. The third-order valence-corrected chi connectivity index (χ3v) is 4.99. The summed E-state index contributed by atoms with van der Waals surface area (Å²) in [6.07, 6.45) is 0.394. The van der Waals surface area contributed by atoms with Crippen LogP contribution in [0.15, 0.2) is 30.3 Å². The highest BCUT2D eigenvalue weighted by molar-refractivity contribution is 7.99. The van der Waals surface area contributed by atoms with E-state index in [1.165, 1.54) is 7.11 Å². The van der Waals surface area contributed by atoms with Gasteiger partial charge in [0.1, 0.15) is 5.44 Å². The molecule has 3 atom stereocenters. The van der Waals surface area contributed by atoms with Crippen LogP contribution in [0.5, 0.6) is 0 Å². The van der Waals surface area contributed by atoms with Crippen molar-refractivity contribution in [3.63, 3.8) is 0 Å². The average molecular weight is 324 g/mol. The fourth-order valence-electron chi connectivity index (χ4n) is 2.67. The van der Waals surface area contributed by atoms with Crippen LogP contribution in [0.2, 0.25) is 0 Å². The summed E-state index contributed by atoms with van der Waals surface area (Å²) >= 11 is 1.72. The molecule has 22 heavy (non-hydrogen) atoms. The number of methoxy groups -OCH3 is 1. The number of hydrogen-bond acceptors (Lipinski definition) is 5. The zero-order valence-corrected chi connectivity index (χ0v) is 14.2. The normalized spacial score (nSPS) is 27.8. The molecule has 0 N–H and O–H groups in total. The van der Waals surface area contributed by atoms with E-state index in [0.717, 1.165) is 11.3 Å². The first-order chi connectivity index (χ1) is 10.6. The van der Waals surface area contributed by atoms with Crippen molar-refractivity contribution in [2.45, 2.75) is 38.4 Å². The van der Waals surface area contributed by atoms with Gasteiger partial charge in [-0.05, 0) is 18.2 Å². The third kappa shape index (κ3) is 4.03. The average Bonchev–Trinajstić information content (AvgIpc) is 2.85. The molecule has 1 aromatic carbocycles. The molecule has 1 aliphatic rings. The topological polar surface area (TPSA) is 44.8 Å². The van der Waals surface area contributed by atoms with E-state index in [4.69, 9.17) is 14.2 Å². The molecule has 1 aromatic rings. The number of rotatable bonds is 7. The molecule has 2 rings (SSSR count). The van der Waals surface area contributed by atoms with E-state index >= 15 is 0 Å². The van der Waals surface area contributed by atoms with Crippen LogP contribution in [0.1, 0.15) is 25.8 Å². The van der Waals surface area contributed by atoms with Gasteiger partial charge in [-0.3, -0.25) is 4.79 Å². The van der Waals surface area contributed by atoms with Crippen molar-refractivity contribution < 1.29 is 19.0 Å². The van der Waals surface area contributed by atoms with E-state index in [1.807, 2.05) is 37.3 Å². The van der Waals surface area contributed by atoms with Crippen LogP contribution in [0, 0.1) is 5.41 Å². The quantitative estimate of drug-likeness (QED) is 0.720. The summed E-state index contributed by atoms with van der Waals surface area (Å²) in [5, 5.41) is 0. The summed E-state index contributed by atoms with van der Waals surface area (Å²) < 4.78 is 16.8. The summed E-state index contributed by atoms with van der Waals surface area (Å²) in [7, 11) is 1.43. The van der Waals surface area contributed by atoms with Gasteiger partial charge in [0.25, 0.3) is 0 Å². The zero-order chi connectivity index (χ0) is 16.0. The van der Waals surface area contributed by atoms with Crippen LogP contribution < -0.4 is 0 Å². The smallest absolute Gasteiger partial charge is 0.314 e. The van der Waals surface area contributed by atoms with E-state index < -0.39 is 5.41 Å². The third-order valence-electron chi connectivity index (χ3n) is 4.00. The van der Waals surface area contributed by atoms with Gasteiger partial charge in [-0.1, -0.05) is 37.3 Å². The Labute approximate surface area is 136 Å². The van der Waals surface area contributed by atoms with Gasteiger partial charge in [0.05, 0.1) is 31.8 Å². The largest absolute Gasteiger partial charge is 0.469 e. The lowest BCUT2D eigenvalue weighted by molar-refractivity contribution is -0.157. The van der Waals surface area contributed by atoms with Gasteiger partial charge in [-0.25, -0.2) is 0 Å². The summed E-state index contributed by atoms with van der Waals surface area (Å²) in [5.41, 5.74) is 0.498. The van der Waals surface area contributed by atoms with Gasteiger partial charge in [0.15, 0.2) is 0 Å². The van der Waals surface area contributed by atoms with Gasteiger partial charge in [0, 0.05) is 6.42 Å². The van der Waals surface area contributed by atoms with Crippen LogP contribution in [0.4, 0.5) is 0 Å². The molecule has 0 spiro atoms. The minimum Gasteiger partial charge on any atom is -0.469 e. The van der Waals surface area contributed by atoms with Crippen LogP contribution in [-0.4, -0.2) is 37.0 Å². The number of carbonyl (C=O) groups excluding carboxylic acids is 1. The summed E-state index contributed by atoms with van der Waals surface area (Å²) in [6.45, 7) is 4.90. The van der Waals surface area contributed by atoms with Crippen molar-refractivity contribution in [3.8, 4) is 0 Å². The molecule has 1 saturated heterocycles. The highest BCUT2D eigenvalue weighted by Crippen LogP contribution is 2.43. The molecule has 0 aromatic heterocycles. The number of carbonyl (C=O) groups is 1. The number of benzene rings is 1. The van der Waals surface area contributed by atoms with E-state index in [9.17, 15) is 4.79 Å². The lowest BCUT2D eigenvalue weighted by Crippen LogP contribution is -2.39. The predicted molar refractivity (Wildman–Crippen MR) is 87.6 cm³/mol. The number of hydrogen-bond donors (Lipinski definition) is 0. The second-order valence-corrected chi connectivity index (χ2v) is 7.06. The van der Waals surface area contributed by atoms with Gasteiger partial charge in [-0.15, -0.1) is 11.8 Å². The Morgan fingerprint density at radius 2 is 2.14 bits per heavy atom. The van der Waals surface area contributed by atoms with E-state index in [1.54, 1.807) is 11.8 Å². The Morgan fingerprint density at radius 1 is 1.41 bits per heavy atom. The molecule has 0 radical (unpaired) electrons. The summed E-state index contributed by atoms with van der Waals surface area (Å²) in [5.74, 6) is 0.736. The fraction of sp³-hybridized carbons (Fsp3) is 0.588. The molecule has 0 aliphatic carbocycles. The van der Waals surface area contributed by atoms with Gasteiger partial charge < -0.3 is 14.2 Å². The minimum absolute atomic E-state index is 0.0272. The van der Waals surface area contributed by atoms with Crippen molar-refractivity contribution in [1.82, 2.24) is 0 Å². The molecular formula is C17H24O4S. The SMILES string of the molecule is CCSC1C[C@@](C)(C(=O)OC)[C@@H](COCc2ccccc2)O1. The molecule has 122 valence electrons. The Kier molecular flexibility index (Phi) is 6.29. The Bertz CT molecular complexity index is 479. The van der Waals surface area contributed by atoms with Crippen molar-refractivity contribution in [2.75, 3.05) is 19.5 Å². The van der Waals surface area contributed by atoms with Gasteiger partial charge >= 0.3 is 5.97 Å². The maximum Gasteiger partial charge on any atom is 0.314 e. The number of esters is 1. The molecule has 0 saturated carbocycles. The van der Waals surface area contributed by atoms with Gasteiger partial charge in [-0.2, -0.15) is 0 Å². The second kappa shape index (κ2) is 7.99. The van der Waals surface area contributed by atoms with Crippen LogP contribution >= 0.6 is 11.8 Å². The van der Waals surface area contributed by atoms with Crippen molar-refractivity contribution in [1.29, 1.82) is 0 Å². The van der Waals surface area contributed by atoms with E-state index in [2.05, 4.69) is 6.92 Å². The van der Waals surface area contributed by atoms with E-state index in [0.29, 0.717) is 19.6 Å². The minimum atomic E-state index is -0.641. The molecule has 4 nitrogen and oxygen atoms in total. The first kappa shape index (κ1) is 17.3. The summed E-state index contributed by atoms with van der Waals surface area (Å²) in [4.78, 5) is 12.2. The van der Waals surface area contributed by atoms with Gasteiger partial charge in [0.2, 0.25) is 0 Å². The molecule has 1 aliphatic heterocycles. The zero-order valence-electron chi connectivity index (χ0n) is 13.4. The fourth-order valence-corrected chi connectivity index (χ4v) is 3.72. The molecule has 1 unspecified atom stereocenters. The maximum absolute atomic E-state index is 12.2. The van der Waals surface area contributed by atoms with Crippen LogP contribution in [0.3, 0.4) is 0 Å². The predicted octanol–water partition coefficient (Wildman–Crippen LogP) is 3.25. The molecule has 5 heteroatoms. The lowest BCUT2D eigenvalue weighted by Gasteiger charge is -2.26. The molecular weight excluding hydrogens is 300 g/mol. The highest BCUT2D eigenvalue weighted by Gasteiger charge is 2.51. The van der Waals surface area contributed by atoms with Crippen LogP contribution in [-0.2, 0) is 25.6 Å². The Morgan fingerprint density at radius 3 is 2.77 bits per heavy atom. The molecule has 0 bridgehead atoms. The maximum atomic E-state index is 12.2. The molecule has 1 fully saturated rings. The van der Waals surface area contributed by atoms with Crippen molar-refractivity contribution in [2.24, 2.45) is 5.41 Å². The monoisotopic (exact) mass is 324 g/mol. The lowest BCUT2D eigenvalue weighted by atomic mass is 9.83. The second-order valence-electron chi connectivity index (χ2n) is 5.62. The molecule has 1 heterocycles. The first-order valence-electron chi connectivity index (χ1n) is 7.57. The Balaban J connectivity index is 1.95. The van der Waals surface area contributed by atoms with Crippen LogP contribution in [0.25, 0.3) is 0 Å². The standard InChI is InChI=1S/C17H24O4S/c1-4-22-15-10-17(2,16(18)19-3)14(21-15)12-20-11-13-8-6-5-7-9-13/h5-9,14-15H,4,10-12H2,1-3H3/t14-,15?,17-/m1/s1.